The number of halogens is 2. The molecule has 0 aliphatic carbocycles. The number of rotatable bonds is 9. The number of methoxy groups -OCH3 is 1. The van der Waals surface area contributed by atoms with Crippen molar-refractivity contribution in [3.05, 3.63) is 88.3 Å². The second kappa shape index (κ2) is 12.4. The van der Waals surface area contributed by atoms with Crippen molar-refractivity contribution >= 4 is 38.7 Å². The van der Waals surface area contributed by atoms with Crippen molar-refractivity contribution in [3.8, 4) is 38.8 Å². The zero-order chi connectivity index (χ0) is 31.9. The van der Waals surface area contributed by atoms with Crippen LogP contribution >= 0.6 is 22.7 Å². The molecule has 1 amide bonds. The molecule has 0 saturated carbocycles. The first-order chi connectivity index (χ1) is 21.6. The summed E-state index contributed by atoms with van der Waals surface area (Å²) in [4.78, 5) is 25.2. The zero-order valence-corrected chi connectivity index (χ0v) is 26.8. The van der Waals surface area contributed by atoms with E-state index in [1.807, 2.05) is 49.6 Å². The van der Waals surface area contributed by atoms with Gasteiger partial charge in [-0.15, -0.1) is 22.7 Å². The van der Waals surface area contributed by atoms with Gasteiger partial charge in [-0.3, -0.25) is 4.79 Å². The third-order valence-electron chi connectivity index (χ3n) is 7.72. The smallest absolute Gasteiger partial charge is 0.246 e. The molecule has 232 valence electrons. The molecular formula is C34H32F2N4O3S2. The predicted molar refractivity (Wildman–Crippen MR) is 175 cm³/mol. The van der Waals surface area contributed by atoms with E-state index in [4.69, 9.17) is 25.2 Å². The molecule has 0 unspecified atom stereocenters. The largest absolute Gasteiger partial charge is 0.490 e. The highest BCUT2D eigenvalue weighted by atomic mass is 32.1. The van der Waals surface area contributed by atoms with Crippen LogP contribution in [0.4, 0.5) is 8.78 Å². The number of hydrogen-bond acceptors (Lipinski definition) is 8. The first-order valence-corrected chi connectivity index (χ1v) is 16.1. The number of nitrogens with two attached hydrogens (primary N) is 1. The van der Waals surface area contributed by atoms with Gasteiger partial charge in [-0.1, -0.05) is 24.8 Å². The van der Waals surface area contributed by atoms with Crippen molar-refractivity contribution in [1.29, 1.82) is 0 Å². The Bertz CT molecular complexity index is 1930. The highest BCUT2D eigenvalue weighted by Crippen LogP contribution is 2.48. The van der Waals surface area contributed by atoms with Gasteiger partial charge in [0.2, 0.25) is 5.91 Å². The van der Waals surface area contributed by atoms with Gasteiger partial charge >= 0.3 is 0 Å². The maximum atomic E-state index is 16.0. The van der Waals surface area contributed by atoms with E-state index in [1.54, 1.807) is 4.90 Å². The van der Waals surface area contributed by atoms with Crippen LogP contribution in [-0.4, -0.2) is 47.6 Å². The third kappa shape index (κ3) is 6.00. The fourth-order valence-electron chi connectivity index (χ4n) is 5.45. The second-order valence-corrected chi connectivity index (χ2v) is 13.4. The highest BCUT2D eigenvalue weighted by molar-refractivity contribution is 7.18. The van der Waals surface area contributed by atoms with Crippen molar-refractivity contribution in [2.45, 2.75) is 32.4 Å². The van der Waals surface area contributed by atoms with E-state index in [2.05, 4.69) is 6.58 Å². The third-order valence-corrected chi connectivity index (χ3v) is 9.74. The molecule has 0 saturated heterocycles. The molecule has 0 atom stereocenters. The molecule has 6 rings (SSSR count). The molecular weight excluding hydrogens is 615 g/mol. The van der Waals surface area contributed by atoms with Crippen LogP contribution in [0.1, 0.15) is 30.0 Å². The van der Waals surface area contributed by atoms with Gasteiger partial charge in [-0.05, 0) is 43.0 Å². The lowest BCUT2D eigenvalue weighted by atomic mass is 9.92. The van der Waals surface area contributed by atoms with Crippen LogP contribution in [0.25, 0.3) is 43.2 Å². The fraction of sp³-hybridized carbons (Fsp3) is 0.265. The molecule has 0 fully saturated rings. The predicted octanol–water partition coefficient (Wildman–Crippen LogP) is 7.32. The van der Waals surface area contributed by atoms with Crippen LogP contribution in [0.2, 0.25) is 0 Å². The van der Waals surface area contributed by atoms with Crippen molar-refractivity contribution in [2.24, 2.45) is 5.73 Å². The van der Waals surface area contributed by atoms with E-state index in [1.165, 1.54) is 41.9 Å². The quantitative estimate of drug-likeness (QED) is 0.133. The molecule has 0 spiro atoms. The average Bonchev–Trinajstić information content (AvgIpc) is 3.67. The molecule has 2 aromatic carbocycles. The standard InChI is InChI=1S/C34H32F2N4O3S2/c1-5-27(41)40-11-9-24-26(18-40)45-33(38-24)31-29(28-23(36)16-21(35)17-25(28)43-13-12-42-4)32-22(10-14-44-32)30(39-31)19-7-6-8-20(15-19)34(2,3)37/h5-8,10,14-17H,1,9,11-13,18,37H2,2-4H3. The van der Waals surface area contributed by atoms with Crippen LogP contribution in [0.15, 0.2) is 60.5 Å². The molecule has 2 N–H and O–H groups in total. The first-order valence-electron chi connectivity index (χ1n) is 14.4. The molecule has 1 aliphatic rings. The van der Waals surface area contributed by atoms with Crippen LogP contribution in [0.5, 0.6) is 5.75 Å². The lowest BCUT2D eigenvalue weighted by Crippen LogP contribution is -2.34. The SMILES string of the molecule is C=CC(=O)N1CCc2nc(-c3nc(-c4cccc(C(C)(C)N)c4)c4ccsc4c3-c3c(F)cc(F)cc3OCCOC)sc2C1. The minimum Gasteiger partial charge on any atom is -0.490 e. The molecule has 45 heavy (non-hydrogen) atoms. The number of pyridine rings is 1. The number of carbonyl (C=O) groups is 1. The number of nitrogens with zero attached hydrogens (tertiary/aromatic N) is 3. The Kier molecular flexibility index (Phi) is 8.53. The van der Waals surface area contributed by atoms with Gasteiger partial charge in [0.15, 0.2) is 0 Å². The minimum atomic E-state index is -0.774. The number of aromatic nitrogens is 2. The van der Waals surface area contributed by atoms with Gasteiger partial charge in [0.25, 0.3) is 0 Å². The number of carbonyl (C=O) groups excluding carboxylic acids is 1. The maximum absolute atomic E-state index is 16.0. The number of fused-ring (bicyclic) bond motifs is 2. The summed E-state index contributed by atoms with van der Waals surface area (Å²) < 4.78 is 42.4. The van der Waals surface area contributed by atoms with Gasteiger partial charge in [0.05, 0.1) is 30.1 Å². The van der Waals surface area contributed by atoms with Gasteiger partial charge in [-0.2, -0.15) is 0 Å². The summed E-state index contributed by atoms with van der Waals surface area (Å²) >= 11 is 2.85. The summed E-state index contributed by atoms with van der Waals surface area (Å²) in [6, 6.07) is 11.9. The molecule has 11 heteroatoms. The molecule has 7 nitrogen and oxygen atoms in total. The van der Waals surface area contributed by atoms with E-state index < -0.39 is 17.2 Å². The summed E-state index contributed by atoms with van der Waals surface area (Å²) in [6.45, 7) is 8.75. The van der Waals surface area contributed by atoms with Crippen LogP contribution in [0.3, 0.4) is 0 Å². The topological polar surface area (TPSA) is 90.6 Å². The van der Waals surface area contributed by atoms with E-state index >= 15 is 4.39 Å². The van der Waals surface area contributed by atoms with Crippen molar-refractivity contribution in [3.63, 3.8) is 0 Å². The Morgan fingerprint density at radius 2 is 1.96 bits per heavy atom. The lowest BCUT2D eigenvalue weighted by molar-refractivity contribution is -0.126. The Labute approximate surface area is 268 Å². The Morgan fingerprint density at radius 1 is 1.13 bits per heavy atom. The summed E-state index contributed by atoms with van der Waals surface area (Å²) in [7, 11) is 1.53. The maximum Gasteiger partial charge on any atom is 0.246 e. The van der Waals surface area contributed by atoms with Crippen LogP contribution < -0.4 is 10.5 Å². The van der Waals surface area contributed by atoms with Gasteiger partial charge in [0.1, 0.15) is 34.7 Å². The number of hydrogen-bond donors (Lipinski definition) is 1. The molecule has 0 bridgehead atoms. The van der Waals surface area contributed by atoms with Gasteiger partial charge < -0.3 is 20.1 Å². The monoisotopic (exact) mass is 646 g/mol. The van der Waals surface area contributed by atoms with E-state index in [0.29, 0.717) is 41.5 Å². The molecule has 0 radical (unpaired) electrons. The molecule has 4 heterocycles. The van der Waals surface area contributed by atoms with Crippen LogP contribution in [0, 0.1) is 11.6 Å². The van der Waals surface area contributed by atoms with Crippen LogP contribution in [-0.2, 0) is 28.0 Å². The minimum absolute atomic E-state index is 0.0472. The fourth-order valence-corrected chi connectivity index (χ4v) is 7.52. The number of benzene rings is 2. The molecule has 3 aromatic heterocycles. The van der Waals surface area contributed by atoms with Gasteiger partial charge in [-0.25, -0.2) is 18.7 Å². The van der Waals surface area contributed by atoms with E-state index in [0.717, 1.165) is 37.9 Å². The van der Waals surface area contributed by atoms with Gasteiger partial charge in [0, 0.05) is 63.8 Å². The Morgan fingerprint density at radius 3 is 2.71 bits per heavy atom. The normalized spacial score (nSPS) is 13.2. The summed E-state index contributed by atoms with van der Waals surface area (Å²) in [5, 5.41) is 3.31. The summed E-state index contributed by atoms with van der Waals surface area (Å²) in [5.41, 5.74) is 10.2. The number of ether oxygens (including phenoxy) is 2. The van der Waals surface area contributed by atoms with Crippen molar-refractivity contribution < 1.29 is 23.0 Å². The second-order valence-electron chi connectivity index (χ2n) is 11.4. The summed E-state index contributed by atoms with van der Waals surface area (Å²) in [6.07, 6.45) is 1.88. The number of thiazole rings is 1. The van der Waals surface area contributed by atoms with Crippen molar-refractivity contribution in [2.75, 3.05) is 26.9 Å². The van der Waals surface area contributed by atoms with Crippen molar-refractivity contribution in [1.82, 2.24) is 14.9 Å². The van der Waals surface area contributed by atoms with E-state index in [9.17, 15) is 9.18 Å². The highest BCUT2D eigenvalue weighted by Gasteiger charge is 2.29. The lowest BCUT2D eigenvalue weighted by Gasteiger charge is -2.24. The summed E-state index contributed by atoms with van der Waals surface area (Å²) in [5.74, 6) is -1.63. The number of thiophene rings is 1. The molecule has 1 aliphatic heterocycles. The number of amides is 1. The Balaban J connectivity index is 1.63. The molecule has 5 aromatic rings. The zero-order valence-electron chi connectivity index (χ0n) is 25.2. The first kappa shape index (κ1) is 31.0. The average molecular weight is 647 g/mol. The Hall–Kier alpha value is -4.03. The van der Waals surface area contributed by atoms with E-state index in [-0.39, 0.29) is 30.4 Å².